The van der Waals surface area contributed by atoms with Gasteiger partial charge in [0, 0.05) is 38.6 Å². The highest BCUT2D eigenvalue weighted by Crippen LogP contribution is 2.44. The van der Waals surface area contributed by atoms with E-state index in [1.54, 1.807) is 4.90 Å². The summed E-state index contributed by atoms with van der Waals surface area (Å²) in [5, 5.41) is 10.4. The average molecular weight is 326 g/mol. The van der Waals surface area contributed by atoms with Gasteiger partial charge in [-0.15, -0.1) is 0 Å². The largest absolute Gasteiger partial charge is 0.390 e. The van der Waals surface area contributed by atoms with Crippen molar-refractivity contribution < 1.29 is 14.6 Å². The maximum absolute atomic E-state index is 13.0. The van der Waals surface area contributed by atoms with Crippen molar-refractivity contribution in [1.29, 1.82) is 0 Å². The van der Waals surface area contributed by atoms with Crippen LogP contribution in [0.3, 0.4) is 0 Å². The highest BCUT2D eigenvalue weighted by Gasteiger charge is 2.43. The Hall–Kier alpha value is -0.650. The van der Waals surface area contributed by atoms with Crippen molar-refractivity contribution in [1.82, 2.24) is 9.80 Å². The Bertz CT molecular complexity index is 374. The Morgan fingerprint density at radius 1 is 1.26 bits per heavy atom. The van der Waals surface area contributed by atoms with E-state index in [0.29, 0.717) is 19.0 Å². The smallest absolute Gasteiger partial charge is 0.228 e. The maximum Gasteiger partial charge on any atom is 0.228 e. The molecule has 0 spiro atoms. The lowest BCUT2D eigenvalue weighted by Crippen LogP contribution is -2.48. The van der Waals surface area contributed by atoms with Gasteiger partial charge in [0.1, 0.15) is 0 Å². The molecular formula is C18H34N2O3. The monoisotopic (exact) mass is 326 g/mol. The normalized spacial score (nSPS) is 23.2. The first kappa shape index (κ1) is 18.7. The predicted octanol–water partition coefficient (Wildman–Crippen LogP) is 1.74. The number of aliphatic hydroxyl groups excluding tert-OH is 1. The van der Waals surface area contributed by atoms with Crippen molar-refractivity contribution in [2.45, 2.75) is 52.1 Å². The fourth-order valence-electron chi connectivity index (χ4n) is 4.28. The summed E-state index contributed by atoms with van der Waals surface area (Å²) in [7, 11) is 1.85. The first-order chi connectivity index (χ1) is 10.9. The van der Waals surface area contributed by atoms with Gasteiger partial charge in [0.25, 0.3) is 0 Å². The number of carbonyl (C=O) groups excluding carboxylic acids is 1. The van der Waals surface area contributed by atoms with E-state index in [4.69, 9.17) is 4.74 Å². The molecule has 5 nitrogen and oxygen atoms in total. The third-order valence-corrected chi connectivity index (χ3v) is 5.22. The molecule has 1 unspecified atom stereocenters. The number of hydrogen-bond donors (Lipinski definition) is 1. The number of amides is 1. The van der Waals surface area contributed by atoms with Crippen LogP contribution in [0.25, 0.3) is 0 Å². The summed E-state index contributed by atoms with van der Waals surface area (Å²) in [6, 6.07) is 0. The average Bonchev–Trinajstić information content (AvgIpc) is 2.96. The summed E-state index contributed by atoms with van der Waals surface area (Å²) < 4.78 is 5.33. The molecule has 1 saturated heterocycles. The molecule has 134 valence electrons. The molecule has 1 saturated carbocycles. The number of morpholine rings is 1. The molecule has 1 atom stereocenters. The zero-order valence-electron chi connectivity index (χ0n) is 15.1. The molecule has 0 aromatic carbocycles. The SMILES string of the molecule is CC(C)CC1(C(=O)N(C)CC(O)CN2CCOCC2)CCCC1. The number of nitrogens with zero attached hydrogens (tertiary/aromatic N) is 2. The van der Waals surface area contributed by atoms with Crippen LogP contribution in [0.1, 0.15) is 46.0 Å². The number of ether oxygens (including phenoxy) is 1. The molecule has 1 aliphatic carbocycles. The highest BCUT2D eigenvalue weighted by atomic mass is 16.5. The summed E-state index contributed by atoms with van der Waals surface area (Å²) in [6.07, 6.45) is 4.81. The molecule has 2 aliphatic rings. The molecule has 0 bridgehead atoms. The number of likely N-dealkylation sites (N-methyl/N-ethyl adjacent to an activating group) is 1. The van der Waals surface area contributed by atoms with E-state index in [-0.39, 0.29) is 11.3 Å². The number of hydrogen-bond acceptors (Lipinski definition) is 4. The van der Waals surface area contributed by atoms with E-state index < -0.39 is 6.10 Å². The number of β-amino-alcohol motifs (C(OH)–C–C–N with tert-alkyl or cyclic N) is 1. The minimum Gasteiger partial charge on any atom is -0.390 e. The van der Waals surface area contributed by atoms with E-state index in [2.05, 4.69) is 18.7 Å². The Labute approximate surface area is 141 Å². The van der Waals surface area contributed by atoms with Crippen LogP contribution >= 0.6 is 0 Å². The second-order valence-corrected chi connectivity index (χ2v) is 7.84. The van der Waals surface area contributed by atoms with Crippen LogP contribution in [0.15, 0.2) is 0 Å². The van der Waals surface area contributed by atoms with Crippen molar-refractivity contribution in [3.63, 3.8) is 0 Å². The van der Waals surface area contributed by atoms with Crippen molar-refractivity contribution in [3.05, 3.63) is 0 Å². The summed E-state index contributed by atoms with van der Waals surface area (Å²) in [6.45, 7) is 8.64. The second kappa shape index (κ2) is 8.45. The standard InChI is InChI=1S/C18H34N2O3/c1-15(2)12-18(6-4-5-7-18)17(22)19(3)13-16(21)14-20-8-10-23-11-9-20/h15-16,21H,4-14H2,1-3H3. The molecule has 23 heavy (non-hydrogen) atoms. The van der Waals surface area contributed by atoms with Gasteiger partial charge < -0.3 is 14.7 Å². The minimum atomic E-state index is -0.487. The summed E-state index contributed by atoms with van der Waals surface area (Å²) >= 11 is 0. The minimum absolute atomic E-state index is 0.179. The lowest BCUT2D eigenvalue weighted by Gasteiger charge is -2.35. The maximum atomic E-state index is 13.0. The molecule has 1 N–H and O–H groups in total. The van der Waals surface area contributed by atoms with Gasteiger partial charge >= 0.3 is 0 Å². The summed E-state index contributed by atoms with van der Waals surface area (Å²) in [4.78, 5) is 17.0. The fourth-order valence-corrected chi connectivity index (χ4v) is 4.28. The summed E-state index contributed by atoms with van der Waals surface area (Å²) in [5.74, 6) is 0.772. The first-order valence-corrected chi connectivity index (χ1v) is 9.17. The topological polar surface area (TPSA) is 53.0 Å². The van der Waals surface area contributed by atoms with E-state index in [1.807, 2.05) is 7.05 Å². The van der Waals surface area contributed by atoms with Crippen LogP contribution in [-0.4, -0.2) is 73.4 Å². The molecule has 1 amide bonds. The fraction of sp³-hybridized carbons (Fsp3) is 0.944. The van der Waals surface area contributed by atoms with Gasteiger partial charge in [-0.05, 0) is 25.2 Å². The molecule has 0 radical (unpaired) electrons. The van der Waals surface area contributed by atoms with Gasteiger partial charge in [0.15, 0.2) is 0 Å². The van der Waals surface area contributed by atoms with Crippen molar-refractivity contribution in [3.8, 4) is 0 Å². The van der Waals surface area contributed by atoms with Gasteiger partial charge in [-0.25, -0.2) is 0 Å². The van der Waals surface area contributed by atoms with Crippen molar-refractivity contribution in [2.75, 3.05) is 46.4 Å². The second-order valence-electron chi connectivity index (χ2n) is 7.84. The molecule has 2 fully saturated rings. The Kier molecular flexibility index (Phi) is 6.86. The van der Waals surface area contributed by atoms with Gasteiger partial charge in [-0.2, -0.15) is 0 Å². The van der Waals surface area contributed by atoms with Gasteiger partial charge in [-0.3, -0.25) is 9.69 Å². The van der Waals surface area contributed by atoms with Gasteiger partial charge in [0.05, 0.1) is 19.3 Å². The first-order valence-electron chi connectivity index (χ1n) is 9.17. The van der Waals surface area contributed by atoms with Crippen molar-refractivity contribution in [2.24, 2.45) is 11.3 Å². The molecule has 2 rings (SSSR count). The lowest BCUT2D eigenvalue weighted by molar-refractivity contribution is -0.143. The quantitative estimate of drug-likeness (QED) is 0.774. The zero-order valence-corrected chi connectivity index (χ0v) is 15.1. The Balaban J connectivity index is 1.87. The summed E-state index contributed by atoms with van der Waals surface area (Å²) in [5.41, 5.74) is -0.179. The van der Waals surface area contributed by atoms with Crippen LogP contribution in [-0.2, 0) is 9.53 Å². The third-order valence-electron chi connectivity index (χ3n) is 5.22. The van der Waals surface area contributed by atoms with Crippen LogP contribution < -0.4 is 0 Å². The van der Waals surface area contributed by atoms with Crippen LogP contribution in [0.2, 0.25) is 0 Å². The van der Waals surface area contributed by atoms with E-state index in [1.165, 1.54) is 0 Å². The highest BCUT2D eigenvalue weighted by molar-refractivity contribution is 5.82. The number of aliphatic hydroxyl groups is 1. The van der Waals surface area contributed by atoms with Gasteiger partial charge in [0.2, 0.25) is 5.91 Å². The van der Waals surface area contributed by atoms with Crippen molar-refractivity contribution >= 4 is 5.91 Å². The molecule has 1 aliphatic heterocycles. The predicted molar refractivity (Wildman–Crippen MR) is 91.3 cm³/mol. The van der Waals surface area contributed by atoms with Crippen LogP contribution in [0, 0.1) is 11.3 Å². The zero-order chi connectivity index (χ0) is 16.9. The Morgan fingerprint density at radius 2 is 1.87 bits per heavy atom. The van der Waals surface area contributed by atoms with E-state index in [9.17, 15) is 9.90 Å². The molecule has 5 heteroatoms. The van der Waals surface area contributed by atoms with E-state index >= 15 is 0 Å². The third kappa shape index (κ3) is 5.16. The molecule has 0 aromatic rings. The van der Waals surface area contributed by atoms with Crippen LogP contribution in [0.5, 0.6) is 0 Å². The lowest BCUT2D eigenvalue weighted by atomic mass is 9.77. The molecule has 1 heterocycles. The molecule has 0 aromatic heterocycles. The van der Waals surface area contributed by atoms with Gasteiger partial charge in [-0.1, -0.05) is 26.7 Å². The number of rotatable bonds is 7. The van der Waals surface area contributed by atoms with E-state index in [0.717, 1.165) is 58.4 Å². The van der Waals surface area contributed by atoms with Crippen LogP contribution in [0.4, 0.5) is 0 Å². The number of carbonyl (C=O) groups is 1. The molecular weight excluding hydrogens is 292 g/mol. The Morgan fingerprint density at radius 3 is 2.43 bits per heavy atom.